The van der Waals surface area contributed by atoms with Gasteiger partial charge in [-0.2, -0.15) is 9.59 Å². The summed E-state index contributed by atoms with van der Waals surface area (Å²) in [7, 11) is 0. The van der Waals surface area contributed by atoms with E-state index in [-0.39, 0.29) is 6.15 Å². The van der Waals surface area contributed by atoms with Gasteiger partial charge in [-0.15, -0.1) is 0 Å². The molecule has 0 aliphatic heterocycles. The molecule has 0 aliphatic rings. The second kappa shape index (κ2) is 9.30. The van der Waals surface area contributed by atoms with Crippen molar-refractivity contribution in [2.24, 2.45) is 0 Å². The van der Waals surface area contributed by atoms with Gasteiger partial charge in [0.1, 0.15) is 12.4 Å². The average Bonchev–Trinajstić information content (AvgIpc) is 2.62. The fourth-order valence-corrected chi connectivity index (χ4v) is 2.70. The van der Waals surface area contributed by atoms with Crippen LogP contribution in [0, 0.1) is 20.8 Å². The Labute approximate surface area is 153 Å². The van der Waals surface area contributed by atoms with Crippen molar-refractivity contribution in [3.05, 3.63) is 83.2 Å². The molecule has 0 fully saturated rings. The number of aromatic nitrogens is 1. The zero-order valence-corrected chi connectivity index (χ0v) is 15.2. The highest BCUT2D eigenvalue weighted by Gasteiger charge is 2.06. The van der Waals surface area contributed by atoms with Crippen LogP contribution >= 0.6 is 0 Å². The predicted molar refractivity (Wildman–Crippen MR) is 99.7 cm³/mol. The topological polar surface area (TPSA) is 56.3 Å². The van der Waals surface area contributed by atoms with E-state index in [1.54, 1.807) is 6.20 Å². The lowest BCUT2D eigenvalue weighted by Gasteiger charge is -2.12. The number of carbonyl (C=O) groups excluding carboxylic acids is 2. The molecule has 0 saturated carbocycles. The lowest BCUT2D eigenvalue weighted by Crippen LogP contribution is -2.00. The van der Waals surface area contributed by atoms with Crippen molar-refractivity contribution in [1.29, 1.82) is 0 Å². The Balaban J connectivity index is 0.000000758. The highest BCUT2D eigenvalue weighted by molar-refractivity contribution is 5.69. The smallest absolute Gasteiger partial charge is 0.373 e. The van der Waals surface area contributed by atoms with E-state index < -0.39 is 0 Å². The van der Waals surface area contributed by atoms with Crippen molar-refractivity contribution in [1.82, 2.24) is 4.98 Å². The largest absolute Gasteiger partial charge is 0.487 e. The Morgan fingerprint density at radius 2 is 1.62 bits per heavy atom. The molecule has 0 bridgehead atoms. The molecule has 132 valence electrons. The van der Waals surface area contributed by atoms with Gasteiger partial charge in [0.05, 0.1) is 5.69 Å². The van der Waals surface area contributed by atoms with Crippen LogP contribution in [0.5, 0.6) is 5.75 Å². The Morgan fingerprint density at radius 1 is 0.923 bits per heavy atom. The van der Waals surface area contributed by atoms with Gasteiger partial charge in [0.15, 0.2) is 0 Å². The van der Waals surface area contributed by atoms with Gasteiger partial charge in [-0.25, -0.2) is 0 Å². The van der Waals surface area contributed by atoms with Crippen LogP contribution in [0.2, 0.25) is 0 Å². The van der Waals surface area contributed by atoms with E-state index in [1.165, 1.54) is 22.3 Å². The molecule has 1 aromatic heterocycles. The van der Waals surface area contributed by atoms with E-state index in [0.717, 1.165) is 17.0 Å². The first-order chi connectivity index (χ1) is 12.5. The zero-order valence-electron chi connectivity index (χ0n) is 15.2. The van der Waals surface area contributed by atoms with Crippen LogP contribution in [0.4, 0.5) is 0 Å². The van der Waals surface area contributed by atoms with Gasteiger partial charge in [0.2, 0.25) is 0 Å². The lowest BCUT2D eigenvalue weighted by atomic mass is 9.99. The molecule has 0 radical (unpaired) electrons. The summed E-state index contributed by atoms with van der Waals surface area (Å²) in [5.41, 5.74) is 7.03. The average molecular weight is 347 g/mol. The molecule has 26 heavy (non-hydrogen) atoms. The number of benzene rings is 2. The summed E-state index contributed by atoms with van der Waals surface area (Å²) in [6.45, 7) is 6.78. The highest BCUT2D eigenvalue weighted by Crippen LogP contribution is 2.28. The summed E-state index contributed by atoms with van der Waals surface area (Å²) in [5, 5.41) is 0. The Kier molecular flexibility index (Phi) is 6.84. The maximum Gasteiger partial charge on any atom is 0.373 e. The van der Waals surface area contributed by atoms with Gasteiger partial charge in [-0.3, -0.25) is 4.98 Å². The number of hydrogen-bond donors (Lipinski definition) is 0. The molecular formula is C22H21NO3. The molecular weight excluding hydrogens is 326 g/mol. The van der Waals surface area contributed by atoms with Crippen molar-refractivity contribution in [2.45, 2.75) is 27.4 Å². The van der Waals surface area contributed by atoms with Crippen molar-refractivity contribution in [3.8, 4) is 16.9 Å². The minimum absolute atomic E-state index is 0.250. The van der Waals surface area contributed by atoms with Gasteiger partial charge in [-0.1, -0.05) is 36.4 Å². The van der Waals surface area contributed by atoms with Crippen molar-refractivity contribution in [2.75, 3.05) is 0 Å². The van der Waals surface area contributed by atoms with E-state index in [9.17, 15) is 0 Å². The van der Waals surface area contributed by atoms with Crippen LogP contribution in [0.3, 0.4) is 0 Å². The fourth-order valence-electron chi connectivity index (χ4n) is 2.70. The van der Waals surface area contributed by atoms with Crippen molar-refractivity contribution in [3.63, 3.8) is 0 Å². The molecule has 0 spiro atoms. The predicted octanol–water partition coefficient (Wildman–Crippen LogP) is 4.67. The standard InChI is InChI=1S/C21H21NO.CO2/c1-15-11-18(20-9-5-4-7-16(20)2)13-19(12-15)23-14-21-17(3)8-6-10-22-21;2-1-3/h4-13H,14H2,1-3H3;. The Morgan fingerprint density at radius 3 is 2.31 bits per heavy atom. The Bertz CT molecular complexity index is 913. The highest BCUT2D eigenvalue weighted by atomic mass is 16.5. The maximum atomic E-state index is 8.12. The number of ether oxygens (including phenoxy) is 1. The molecule has 3 aromatic rings. The molecule has 0 aliphatic carbocycles. The van der Waals surface area contributed by atoms with E-state index in [0.29, 0.717) is 6.61 Å². The molecule has 2 aromatic carbocycles. The third-order valence-corrected chi connectivity index (χ3v) is 4.00. The third kappa shape index (κ3) is 5.13. The quantitative estimate of drug-likeness (QED) is 0.688. The van der Waals surface area contributed by atoms with Crippen LogP contribution in [0.1, 0.15) is 22.4 Å². The monoisotopic (exact) mass is 347 g/mol. The van der Waals surface area contributed by atoms with E-state index in [1.807, 2.05) is 6.07 Å². The van der Waals surface area contributed by atoms with Crippen LogP contribution in [-0.4, -0.2) is 11.1 Å². The summed E-state index contributed by atoms with van der Waals surface area (Å²) in [6, 6.07) is 18.8. The molecule has 4 nitrogen and oxygen atoms in total. The second-order valence-corrected chi connectivity index (χ2v) is 5.99. The van der Waals surface area contributed by atoms with Crippen LogP contribution < -0.4 is 4.74 Å². The SMILES string of the molecule is Cc1cc(OCc2ncccc2C)cc(-c2ccccc2C)c1.O=C=O. The molecule has 0 N–H and O–H groups in total. The van der Waals surface area contributed by atoms with E-state index in [4.69, 9.17) is 14.3 Å². The normalized spacial score (nSPS) is 9.65. The number of pyridine rings is 1. The van der Waals surface area contributed by atoms with Gasteiger partial charge in [0, 0.05) is 6.20 Å². The molecule has 1 heterocycles. The van der Waals surface area contributed by atoms with Gasteiger partial charge in [-0.05, 0) is 66.8 Å². The molecule has 4 heteroatoms. The second-order valence-electron chi connectivity index (χ2n) is 5.99. The summed E-state index contributed by atoms with van der Waals surface area (Å²) < 4.78 is 5.99. The number of aryl methyl sites for hydroxylation is 3. The number of nitrogens with zero attached hydrogens (tertiary/aromatic N) is 1. The van der Waals surface area contributed by atoms with Gasteiger partial charge < -0.3 is 4.74 Å². The molecule has 3 rings (SSSR count). The third-order valence-electron chi connectivity index (χ3n) is 4.00. The molecule has 0 unspecified atom stereocenters. The summed E-state index contributed by atoms with van der Waals surface area (Å²) in [5.74, 6) is 0.883. The zero-order chi connectivity index (χ0) is 18.9. The maximum absolute atomic E-state index is 8.12. The molecule has 0 saturated heterocycles. The molecule has 0 atom stereocenters. The summed E-state index contributed by atoms with van der Waals surface area (Å²) in [6.07, 6.45) is 2.06. The Hall–Kier alpha value is -3.23. The minimum atomic E-state index is 0.250. The van der Waals surface area contributed by atoms with Crippen LogP contribution in [0.15, 0.2) is 60.8 Å². The fraction of sp³-hybridized carbons (Fsp3) is 0.182. The van der Waals surface area contributed by atoms with Gasteiger partial charge in [0.25, 0.3) is 0 Å². The molecule has 0 amide bonds. The first-order valence-corrected chi connectivity index (χ1v) is 8.25. The number of rotatable bonds is 4. The summed E-state index contributed by atoms with van der Waals surface area (Å²) in [4.78, 5) is 20.6. The van der Waals surface area contributed by atoms with E-state index >= 15 is 0 Å². The van der Waals surface area contributed by atoms with Crippen molar-refractivity contribution < 1.29 is 14.3 Å². The van der Waals surface area contributed by atoms with Gasteiger partial charge >= 0.3 is 6.15 Å². The first-order valence-electron chi connectivity index (χ1n) is 8.25. The van der Waals surface area contributed by atoms with Crippen LogP contribution in [0.25, 0.3) is 11.1 Å². The van der Waals surface area contributed by atoms with Crippen molar-refractivity contribution >= 4 is 6.15 Å². The number of hydrogen-bond acceptors (Lipinski definition) is 4. The first kappa shape index (κ1) is 19.1. The summed E-state index contributed by atoms with van der Waals surface area (Å²) >= 11 is 0. The van der Waals surface area contributed by atoms with Crippen LogP contribution in [-0.2, 0) is 16.2 Å². The van der Waals surface area contributed by atoms with E-state index in [2.05, 4.69) is 74.3 Å². The lowest BCUT2D eigenvalue weighted by molar-refractivity contribution is -0.191. The minimum Gasteiger partial charge on any atom is -0.487 e.